The van der Waals surface area contributed by atoms with Crippen molar-refractivity contribution in [1.82, 2.24) is 0 Å². The van der Waals surface area contributed by atoms with Crippen LogP contribution in [0.3, 0.4) is 0 Å². The maximum Gasteiger partial charge on any atom is 0.700 e. The van der Waals surface area contributed by atoms with Crippen LogP contribution < -0.4 is 0 Å². The summed E-state index contributed by atoms with van der Waals surface area (Å²) >= 11 is 0. The predicted octanol–water partition coefficient (Wildman–Crippen LogP) is -0.0631. The second-order valence-electron chi connectivity index (χ2n) is 1.74. The Bertz CT molecular complexity index is 161. The third-order valence-corrected chi connectivity index (χ3v) is 1.78. The van der Waals surface area contributed by atoms with Crippen LogP contribution in [-0.2, 0) is 13.6 Å². The van der Waals surface area contributed by atoms with Gasteiger partial charge in [0, 0.05) is 11.0 Å². The molecule has 2 unspecified atom stereocenters. The zero-order chi connectivity index (χ0) is 9.78. The van der Waals surface area contributed by atoms with Gasteiger partial charge in [0.25, 0.3) is 0 Å². The van der Waals surface area contributed by atoms with Gasteiger partial charge in [-0.25, -0.2) is 0 Å². The second kappa shape index (κ2) is 5.11. The van der Waals surface area contributed by atoms with Gasteiger partial charge in [-0.3, -0.25) is 4.52 Å². The van der Waals surface area contributed by atoms with Gasteiger partial charge < -0.3 is 14.9 Å². The van der Waals surface area contributed by atoms with Crippen LogP contribution >= 0.6 is 16.9 Å². The Morgan fingerprint density at radius 2 is 2.08 bits per heavy atom. The highest BCUT2D eigenvalue weighted by Crippen LogP contribution is 2.37. The normalized spacial score (nSPS) is 17.7. The lowest BCUT2D eigenvalue weighted by Gasteiger charge is -2.18. The van der Waals surface area contributed by atoms with E-state index in [1.165, 1.54) is 6.92 Å². The fraction of sp³-hybridized carbons (Fsp3) is 1.00. The lowest BCUT2D eigenvalue weighted by atomic mass is 10.4. The molecule has 72 valence electrons. The van der Waals surface area contributed by atoms with Crippen LogP contribution in [0.5, 0.6) is 0 Å². The Kier molecular flexibility index (Phi) is 5.24. The molecule has 2 atom stereocenters. The first kappa shape index (κ1) is 12.3. The number of hydrogen-bond acceptors (Lipinski definition) is 6. The van der Waals surface area contributed by atoms with Gasteiger partial charge in [-0.05, 0) is 0 Å². The van der Waals surface area contributed by atoms with Crippen molar-refractivity contribution >= 4 is 16.9 Å². The van der Waals surface area contributed by atoms with Crippen molar-refractivity contribution in [3.05, 3.63) is 0 Å². The van der Waals surface area contributed by atoms with Crippen molar-refractivity contribution in [2.45, 2.75) is 19.3 Å². The maximum atomic E-state index is 10.1. The van der Waals surface area contributed by atoms with Crippen molar-refractivity contribution < 1.29 is 33.4 Å². The van der Waals surface area contributed by atoms with Crippen LogP contribution in [-0.4, -0.2) is 25.8 Å². The quantitative estimate of drug-likeness (QED) is 0.378. The SMILES string of the molecule is CCC(O)(OP(O)O)O[P+](=O)O. The summed E-state index contributed by atoms with van der Waals surface area (Å²) in [6.07, 6.45) is -0.214. The van der Waals surface area contributed by atoms with Gasteiger partial charge in [0.15, 0.2) is 0 Å². The summed E-state index contributed by atoms with van der Waals surface area (Å²) in [6, 6.07) is 0. The molecule has 12 heavy (non-hydrogen) atoms. The molecular formula is C3H9O7P2+. The monoisotopic (exact) mass is 219 g/mol. The molecule has 0 radical (unpaired) electrons. The van der Waals surface area contributed by atoms with Gasteiger partial charge in [-0.15, -0.1) is 4.89 Å². The molecule has 0 saturated heterocycles. The fourth-order valence-corrected chi connectivity index (χ4v) is 1.29. The van der Waals surface area contributed by atoms with Crippen LogP contribution in [0.25, 0.3) is 0 Å². The van der Waals surface area contributed by atoms with E-state index in [0.29, 0.717) is 0 Å². The molecule has 0 aromatic rings. The summed E-state index contributed by atoms with van der Waals surface area (Å²) in [5.74, 6) is -2.42. The molecule has 0 bridgehead atoms. The Morgan fingerprint density at radius 3 is 2.33 bits per heavy atom. The summed E-state index contributed by atoms with van der Waals surface area (Å²) in [7, 11) is -5.90. The topological polar surface area (TPSA) is 116 Å². The molecule has 0 aliphatic heterocycles. The molecule has 7 nitrogen and oxygen atoms in total. The first-order valence-electron chi connectivity index (χ1n) is 2.84. The van der Waals surface area contributed by atoms with Crippen molar-refractivity contribution in [3.63, 3.8) is 0 Å². The van der Waals surface area contributed by atoms with Crippen LogP contribution in [0, 0.1) is 0 Å². The van der Waals surface area contributed by atoms with Gasteiger partial charge in [0.2, 0.25) is 0 Å². The Balaban J connectivity index is 4.13. The zero-order valence-electron chi connectivity index (χ0n) is 6.12. The minimum Gasteiger partial charge on any atom is -0.340 e. The molecule has 4 N–H and O–H groups in total. The predicted molar refractivity (Wildman–Crippen MR) is 38.6 cm³/mol. The van der Waals surface area contributed by atoms with Crippen molar-refractivity contribution in [3.8, 4) is 0 Å². The summed E-state index contributed by atoms with van der Waals surface area (Å²) < 4.78 is 18.1. The van der Waals surface area contributed by atoms with Gasteiger partial charge in [0.1, 0.15) is 0 Å². The van der Waals surface area contributed by atoms with E-state index in [1.807, 2.05) is 0 Å². The molecule has 0 heterocycles. The Hall–Kier alpha value is 0.290. The van der Waals surface area contributed by atoms with E-state index in [-0.39, 0.29) is 6.42 Å². The fourth-order valence-electron chi connectivity index (χ4n) is 0.395. The molecule has 0 aromatic heterocycles. The van der Waals surface area contributed by atoms with E-state index in [1.54, 1.807) is 0 Å². The van der Waals surface area contributed by atoms with Crippen LogP contribution in [0.1, 0.15) is 13.3 Å². The van der Waals surface area contributed by atoms with Gasteiger partial charge >= 0.3 is 22.8 Å². The van der Waals surface area contributed by atoms with Gasteiger partial charge in [-0.1, -0.05) is 11.4 Å². The molecule has 0 rings (SSSR count). The summed E-state index contributed by atoms with van der Waals surface area (Å²) in [5.41, 5.74) is 0. The summed E-state index contributed by atoms with van der Waals surface area (Å²) in [5, 5.41) is 9.07. The van der Waals surface area contributed by atoms with E-state index in [2.05, 4.69) is 9.05 Å². The third kappa shape index (κ3) is 5.03. The highest BCUT2D eigenvalue weighted by molar-refractivity contribution is 7.39. The summed E-state index contributed by atoms with van der Waals surface area (Å²) in [4.78, 5) is 24.9. The third-order valence-electron chi connectivity index (χ3n) is 0.892. The van der Waals surface area contributed by atoms with Crippen molar-refractivity contribution in [2.24, 2.45) is 0 Å². The Labute approximate surface area is 70.5 Å². The first-order chi connectivity index (χ1) is 5.39. The van der Waals surface area contributed by atoms with E-state index < -0.39 is 22.8 Å². The molecule has 0 fully saturated rings. The van der Waals surface area contributed by atoms with E-state index in [9.17, 15) is 4.57 Å². The van der Waals surface area contributed by atoms with Crippen molar-refractivity contribution in [1.29, 1.82) is 0 Å². The van der Waals surface area contributed by atoms with Crippen LogP contribution in [0.2, 0.25) is 0 Å². The second-order valence-corrected chi connectivity index (χ2v) is 3.09. The average molecular weight is 219 g/mol. The molecule has 9 heteroatoms. The molecule has 0 saturated carbocycles. The number of aliphatic hydroxyl groups is 1. The molecular weight excluding hydrogens is 210 g/mol. The zero-order valence-corrected chi connectivity index (χ0v) is 7.90. The van der Waals surface area contributed by atoms with Crippen LogP contribution in [0.4, 0.5) is 0 Å². The molecule has 0 amide bonds. The highest BCUT2D eigenvalue weighted by atomic mass is 31.2. The minimum atomic E-state index is -3.06. The van der Waals surface area contributed by atoms with Gasteiger partial charge in [0.05, 0.1) is 0 Å². The number of rotatable bonds is 5. The molecule has 0 spiro atoms. The standard InChI is InChI=1S/C3H8O7P2/c1-2-3(4,9-11(5)6)10-12(7)8/h4-6H,2H2,1H3/p+1. The largest absolute Gasteiger partial charge is 0.700 e. The maximum absolute atomic E-state index is 10.1. The van der Waals surface area contributed by atoms with Gasteiger partial charge in [-0.2, -0.15) is 0 Å². The first-order valence-corrected chi connectivity index (χ1v) is 5.14. The van der Waals surface area contributed by atoms with E-state index in [0.717, 1.165) is 0 Å². The molecule has 0 aromatic carbocycles. The van der Waals surface area contributed by atoms with E-state index >= 15 is 0 Å². The average Bonchev–Trinajstić information content (AvgIpc) is 1.83. The van der Waals surface area contributed by atoms with Crippen LogP contribution in [0.15, 0.2) is 0 Å². The Morgan fingerprint density at radius 1 is 1.58 bits per heavy atom. The lowest BCUT2D eigenvalue weighted by molar-refractivity contribution is -0.276. The minimum absolute atomic E-state index is 0.214. The molecule has 0 aliphatic rings. The smallest absolute Gasteiger partial charge is 0.340 e. The number of hydrogen-bond donors (Lipinski definition) is 4. The van der Waals surface area contributed by atoms with E-state index in [4.69, 9.17) is 19.8 Å². The van der Waals surface area contributed by atoms with Crippen molar-refractivity contribution in [2.75, 3.05) is 0 Å². The summed E-state index contributed by atoms with van der Waals surface area (Å²) in [6.45, 7) is 1.37. The highest BCUT2D eigenvalue weighted by Gasteiger charge is 2.40. The molecule has 0 aliphatic carbocycles. The lowest BCUT2D eigenvalue weighted by Crippen LogP contribution is -2.30.